The van der Waals surface area contributed by atoms with E-state index in [0.717, 1.165) is 25.4 Å². The third-order valence-electron chi connectivity index (χ3n) is 3.35. The molecule has 2 heteroatoms. The zero-order valence-corrected chi connectivity index (χ0v) is 11.1. The Bertz CT molecular complexity index is 361. The van der Waals surface area contributed by atoms with E-state index in [1.54, 1.807) is 0 Å². The molecular formula is C15H23NO. The van der Waals surface area contributed by atoms with Crippen molar-refractivity contribution in [1.29, 1.82) is 0 Å². The second-order valence-electron chi connectivity index (χ2n) is 5.95. The summed E-state index contributed by atoms with van der Waals surface area (Å²) in [7, 11) is 0. The molecule has 1 aliphatic rings. The van der Waals surface area contributed by atoms with Crippen molar-refractivity contribution in [3.63, 3.8) is 0 Å². The summed E-state index contributed by atoms with van der Waals surface area (Å²) in [6.45, 7) is 9.75. The van der Waals surface area contributed by atoms with Gasteiger partial charge in [0.15, 0.2) is 0 Å². The van der Waals surface area contributed by atoms with Gasteiger partial charge in [0.2, 0.25) is 0 Å². The van der Waals surface area contributed by atoms with Crippen molar-refractivity contribution in [3.8, 4) is 5.75 Å². The molecule has 1 atom stereocenters. The van der Waals surface area contributed by atoms with Gasteiger partial charge in [-0.15, -0.1) is 0 Å². The van der Waals surface area contributed by atoms with E-state index in [4.69, 9.17) is 4.74 Å². The van der Waals surface area contributed by atoms with E-state index in [0.29, 0.717) is 5.92 Å². The van der Waals surface area contributed by atoms with E-state index < -0.39 is 0 Å². The van der Waals surface area contributed by atoms with Gasteiger partial charge >= 0.3 is 0 Å². The minimum Gasteiger partial charge on any atom is -0.493 e. The van der Waals surface area contributed by atoms with Crippen LogP contribution in [0.4, 0.5) is 0 Å². The van der Waals surface area contributed by atoms with Gasteiger partial charge in [-0.3, -0.25) is 0 Å². The van der Waals surface area contributed by atoms with Crippen LogP contribution in [0.15, 0.2) is 24.3 Å². The lowest BCUT2D eigenvalue weighted by atomic mass is 9.87. The molecule has 2 rings (SSSR count). The quantitative estimate of drug-likeness (QED) is 0.866. The lowest BCUT2D eigenvalue weighted by molar-refractivity contribution is 0.259. The van der Waals surface area contributed by atoms with Crippen LogP contribution in [0.5, 0.6) is 5.75 Å². The van der Waals surface area contributed by atoms with Crippen LogP contribution in [-0.2, 0) is 5.41 Å². The maximum atomic E-state index is 5.89. The Labute approximate surface area is 104 Å². The van der Waals surface area contributed by atoms with Crippen molar-refractivity contribution in [2.45, 2.75) is 32.6 Å². The van der Waals surface area contributed by atoms with Gasteiger partial charge in [0.05, 0.1) is 6.61 Å². The monoisotopic (exact) mass is 233 g/mol. The highest BCUT2D eigenvalue weighted by atomic mass is 16.5. The van der Waals surface area contributed by atoms with Crippen LogP contribution in [0.25, 0.3) is 0 Å². The molecule has 1 N–H and O–H groups in total. The Hall–Kier alpha value is -1.02. The molecule has 1 heterocycles. The smallest absolute Gasteiger partial charge is 0.119 e. The fourth-order valence-electron chi connectivity index (χ4n) is 2.12. The van der Waals surface area contributed by atoms with Crippen molar-refractivity contribution < 1.29 is 4.74 Å². The maximum absolute atomic E-state index is 5.89. The maximum Gasteiger partial charge on any atom is 0.119 e. The second-order valence-corrected chi connectivity index (χ2v) is 5.95. The Morgan fingerprint density at radius 3 is 2.82 bits per heavy atom. The largest absolute Gasteiger partial charge is 0.493 e. The highest BCUT2D eigenvalue weighted by Crippen LogP contribution is 2.26. The first-order valence-electron chi connectivity index (χ1n) is 6.50. The van der Waals surface area contributed by atoms with Gasteiger partial charge in [0.1, 0.15) is 5.75 Å². The zero-order valence-electron chi connectivity index (χ0n) is 11.1. The fraction of sp³-hybridized carbons (Fsp3) is 0.600. The first-order chi connectivity index (χ1) is 8.05. The highest BCUT2D eigenvalue weighted by molar-refractivity contribution is 5.32. The average molecular weight is 233 g/mol. The van der Waals surface area contributed by atoms with Crippen LogP contribution in [-0.4, -0.2) is 19.7 Å². The summed E-state index contributed by atoms with van der Waals surface area (Å²) in [6, 6.07) is 8.48. The van der Waals surface area contributed by atoms with Crippen LogP contribution in [0, 0.1) is 5.92 Å². The molecule has 1 unspecified atom stereocenters. The molecule has 1 fully saturated rings. The van der Waals surface area contributed by atoms with Gasteiger partial charge in [-0.1, -0.05) is 32.9 Å². The highest BCUT2D eigenvalue weighted by Gasteiger charge is 2.16. The van der Waals surface area contributed by atoms with E-state index in [-0.39, 0.29) is 5.41 Å². The lowest BCUT2D eigenvalue weighted by Crippen LogP contribution is -2.16. The zero-order chi connectivity index (χ0) is 12.3. The lowest BCUT2D eigenvalue weighted by Gasteiger charge is -2.20. The van der Waals surface area contributed by atoms with Gasteiger partial charge in [-0.05, 0) is 36.1 Å². The van der Waals surface area contributed by atoms with Crippen LogP contribution in [0.2, 0.25) is 0 Å². The Morgan fingerprint density at radius 2 is 2.18 bits per heavy atom. The summed E-state index contributed by atoms with van der Waals surface area (Å²) in [4.78, 5) is 0. The van der Waals surface area contributed by atoms with Crippen molar-refractivity contribution in [2.24, 2.45) is 5.92 Å². The summed E-state index contributed by atoms with van der Waals surface area (Å²) in [6.07, 6.45) is 1.24. The average Bonchev–Trinajstić information content (AvgIpc) is 2.78. The fourth-order valence-corrected chi connectivity index (χ4v) is 2.12. The molecule has 0 bridgehead atoms. The molecule has 0 aliphatic carbocycles. The van der Waals surface area contributed by atoms with Crippen molar-refractivity contribution in [1.82, 2.24) is 5.32 Å². The summed E-state index contributed by atoms with van der Waals surface area (Å²) in [5, 5.41) is 3.36. The molecule has 0 saturated carbocycles. The van der Waals surface area contributed by atoms with Gasteiger partial charge < -0.3 is 10.1 Å². The molecular weight excluding hydrogens is 210 g/mol. The molecule has 1 saturated heterocycles. The van der Waals surface area contributed by atoms with Crippen LogP contribution in [0.3, 0.4) is 0 Å². The topological polar surface area (TPSA) is 21.3 Å². The van der Waals surface area contributed by atoms with Gasteiger partial charge in [-0.2, -0.15) is 0 Å². The predicted octanol–water partition coefficient (Wildman–Crippen LogP) is 2.97. The standard InChI is InChI=1S/C15H23NO/c1-15(2,3)13-5-4-6-14(9-13)17-11-12-7-8-16-10-12/h4-6,9,12,16H,7-8,10-11H2,1-3H3. The Kier molecular flexibility index (Phi) is 3.72. The molecule has 0 amide bonds. The number of hydrogen-bond acceptors (Lipinski definition) is 2. The Balaban J connectivity index is 1.96. The third kappa shape index (κ3) is 3.47. The van der Waals surface area contributed by atoms with E-state index in [2.05, 4.69) is 50.4 Å². The molecule has 0 radical (unpaired) electrons. The van der Waals surface area contributed by atoms with E-state index in [1.807, 2.05) is 0 Å². The van der Waals surface area contributed by atoms with Crippen LogP contribution < -0.4 is 10.1 Å². The van der Waals surface area contributed by atoms with Gasteiger partial charge in [0, 0.05) is 12.5 Å². The number of rotatable bonds is 3. The third-order valence-corrected chi connectivity index (χ3v) is 3.35. The van der Waals surface area contributed by atoms with Crippen molar-refractivity contribution in [2.75, 3.05) is 19.7 Å². The molecule has 17 heavy (non-hydrogen) atoms. The molecule has 1 aromatic rings. The van der Waals surface area contributed by atoms with E-state index in [1.165, 1.54) is 12.0 Å². The molecule has 0 aromatic heterocycles. The van der Waals surface area contributed by atoms with Gasteiger partial charge in [-0.25, -0.2) is 0 Å². The van der Waals surface area contributed by atoms with Crippen LogP contribution >= 0.6 is 0 Å². The first-order valence-corrected chi connectivity index (χ1v) is 6.50. The normalized spacial score (nSPS) is 20.5. The number of hydrogen-bond donors (Lipinski definition) is 1. The summed E-state index contributed by atoms with van der Waals surface area (Å²) < 4.78 is 5.89. The molecule has 0 spiro atoms. The molecule has 2 nitrogen and oxygen atoms in total. The van der Waals surface area contributed by atoms with E-state index >= 15 is 0 Å². The van der Waals surface area contributed by atoms with Crippen LogP contribution in [0.1, 0.15) is 32.8 Å². The van der Waals surface area contributed by atoms with Crippen molar-refractivity contribution in [3.05, 3.63) is 29.8 Å². The molecule has 1 aliphatic heterocycles. The second kappa shape index (κ2) is 5.09. The summed E-state index contributed by atoms with van der Waals surface area (Å²) in [5.41, 5.74) is 1.52. The Morgan fingerprint density at radius 1 is 1.35 bits per heavy atom. The number of benzene rings is 1. The number of ether oxygens (including phenoxy) is 1. The minimum atomic E-state index is 0.189. The molecule has 1 aromatic carbocycles. The van der Waals surface area contributed by atoms with Crippen molar-refractivity contribution >= 4 is 0 Å². The number of nitrogens with one attached hydrogen (secondary N) is 1. The SMILES string of the molecule is CC(C)(C)c1cccc(OCC2CCNC2)c1. The summed E-state index contributed by atoms with van der Waals surface area (Å²) >= 11 is 0. The minimum absolute atomic E-state index is 0.189. The summed E-state index contributed by atoms with van der Waals surface area (Å²) in [5.74, 6) is 1.68. The predicted molar refractivity (Wildman–Crippen MR) is 71.6 cm³/mol. The van der Waals surface area contributed by atoms with Gasteiger partial charge in [0.25, 0.3) is 0 Å². The molecule has 94 valence electrons. The van der Waals surface area contributed by atoms with E-state index in [9.17, 15) is 0 Å². The first kappa shape index (κ1) is 12.4.